The van der Waals surface area contributed by atoms with E-state index in [-0.39, 0.29) is 23.3 Å². The molecule has 3 rings (SSSR count). The van der Waals surface area contributed by atoms with E-state index in [4.69, 9.17) is 0 Å². The molecule has 0 aliphatic heterocycles. The summed E-state index contributed by atoms with van der Waals surface area (Å²) in [5.41, 5.74) is 0.863. The molecule has 0 heterocycles. The minimum atomic E-state index is -0.496. The summed E-state index contributed by atoms with van der Waals surface area (Å²) in [4.78, 5) is 12.6. The second-order valence-corrected chi connectivity index (χ2v) is 5.88. The van der Waals surface area contributed by atoms with E-state index < -0.39 is 6.67 Å². The van der Waals surface area contributed by atoms with Crippen LogP contribution in [-0.2, 0) is 10.2 Å². The lowest BCUT2D eigenvalue weighted by molar-refractivity contribution is -0.124. The molecule has 1 atom stereocenters. The van der Waals surface area contributed by atoms with Crippen LogP contribution < -0.4 is 5.32 Å². The molecule has 0 radical (unpaired) electrons. The number of alkyl halides is 1. The first kappa shape index (κ1) is 12.6. The third kappa shape index (κ3) is 1.78. The summed E-state index contributed by atoms with van der Waals surface area (Å²) in [5, 5.41) is 2.77. The average molecular weight is 261 g/mol. The Morgan fingerprint density at radius 3 is 2.53 bits per heavy atom. The lowest BCUT2D eigenvalue weighted by Gasteiger charge is -2.22. The van der Waals surface area contributed by atoms with Crippen molar-refractivity contribution in [2.75, 3.05) is 13.2 Å². The summed E-state index contributed by atoms with van der Waals surface area (Å²) in [7, 11) is 0. The molecule has 1 N–H and O–H groups in total. The van der Waals surface area contributed by atoms with E-state index in [0.717, 1.165) is 24.8 Å². The van der Waals surface area contributed by atoms with Crippen molar-refractivity contribution in [1.82, 2.24) is 5.32 Å². The van der Waals surface area contributed by atoms with Crippen molar-refractivity contribution in [3.05, 3.63) is 35.9 Å². The van der Waals surface area contributed by atoms with Gasteiger partial charge in [-0.1, -0.05) is 43.2 Å². The highest BCUT2D eigenvalue weighted by Gasteiger charge is 2.72. The van der Waals surface area contributed by atoms with Crippen LogP contribution in [0.3, 0.4) is 0 Å². The van der Waals surface area contributed by atoms with E-state index >= 15 is 0 Å². The monoisotopic (exact) mass is 261 g/mol. The molecule has 1 amide bonds. The van der Waals surface area contributed by atoms with Gasteiger partial charge in [-0.25, -0.2) is 4.39 Å². The van der Waals surface area contributed by atoms with Gasteiger partial charge in [0.2, 0.25) is 5.91 Å². The first-order valence-electron chi connectivity index (χ1n) is 7.15. The minimum absolute atomic E-state index is 0.0262. The summed E-state index contributed by atoms with van der Waals surface area (Å²) in [6, 6.07) is 10.0. The predicted octanol–water partition coefficient (Wildman–Crippen LogP) is 2.97. The third-order valence-electron chi connectivity index (χ3n) is 4.98. The Hall–Kier alpha value is -1.38. The molecule has 2 nitrogen and oxygen atoms in total. The molecule has 2 fully saturated rings. The summed E-state index contributed by atoms with van der Waals surface area (Å²) >= 11 is 0. The Kier molecular flexibility index (Phi) is 3.08. The SMILES string of the molecule is O=C(NCCF)C1(c2ccccc2)CC12CCCC2. The van der Waals surface area contributed by atoms with Crippen molar-refractivity contribution in [3.63, 3.8) is 0 Å². The molecule has 102 valence electrons. The van der Waals surface area contributed by atoms with E-state index in [1.807, 2.05) is 30.3 Å². The quantitative estimate of drug-likeness (QED) is 0.887. The molecule has 0 aromatic heterocycles. The fourth-order valence-corrected chi connectivity index (χ4v) is 4.01. The molecule has 2 aliphatic rings. The Bertz CT molecular complexity index is 467. The van der Waals surface area contributed by atoms with Gasteiger partial charge in [-0.15, -0.1) is 0 Å². The maximum absolute atomic E-state index is 12.6. The van der Waals surface area contributed by atoms with Gasteiger partial charge in [0.25, 0.3) is 0 Å². The Labute approximate surface area is 113 Å². The van der Waals surface area contributed by atoms with Gasteiger partial charge in [0.1, 0.15) is 6.67 Å². The van der Waals surface area contributed by atoms with Crippen molar-refractivity contribution in [1.29, 1.82) is 0 Å². The zero-order valence-electron chi connectivity index (χ0n) is 11.1. The van der Waals surface area contributed by atoms with Crippen molar-refractivity contribution in [3.8, 4) is 0 Å². The number of hydrogen-bond acceptors (Lipinski definition) is 1. The second-order valence-electron chi connectivity index (χ2n) is 5.88. The fourth-order valence-electron chi connectivity index (χ4n) is 4.01. The Balaban J connectivity index is 1.92. The zero-order chi connectivity index (χ0) is 13.3. The van der Waals surface area contributed by atoms with E-state index in [1.165, 1.54) is 12.8 Å². The van der Waals surface area contributed by atoms with Crippen molar-refractivity contribution >= 4 is 5.91 Å². The highest BCUT2D eigenvalue weighted by molar-refractivity contribution is 5.93. The zero-order valence-corrected chi connectivity index (χ0v) is 11.1. The first-order chi connectivity index (χ1) is 9.25. The number of halogens is 1. The molecular formula is C16H20FNO. The molecule has 2 aliphatic carbocycles. The molecule has 0 bridgehead atoms. The maximum Gasteiger partial charge on any atom is 0.231 e. The topological polar surface area (TPSA) is 29.1 Å². The molecule has 2 saturated carbocycles. The number of hydrogen-bond donors (Lipinski definition) is 1. The van der Waals surface area contributed by atoms with Crippen LogP contribution in [0.2, 0.25) is 0 Å². The van der Waals surface area contributed by atoms with Gasteiger partial charge in [0, 0.05) is 6.54 Å². The van der Waals surface area contributed by atoms with Gasteiger partial charge < -0.3 is 5.32 Å². The normalized spacial score (nSPS) is 27.4. The summed E-state index contributed by atoms with van der Waals surface area (Å²) in [6.07, 6.45) is 5.62. The van der Waals surface area contributed by atoms with E-state index in [9.17, 15) is 9.18 Å². The fraction of sp³-hybridized carbons (Fsp3) is 0.562. The Morgan fingerprint density at radius 1 is 1.21 bits per heavy atom. The van der Waals surface area contributed by atoms with Crippen LogP contribution in [0.1, 0.15) is 37.7 Å². The van der Waals surface area contributed by atoms with Crippen LogP contribution in [0.4, 0.5) is 4.39 Å². The molecule has 1 unspecified atom stereocenters. The lowest BCUT2D eigenvalue weighted by Crippen LogP contribution is -2.39. The predicted molar refractivity (Wildman–Crippen MR) is 72.6 cm³/mol. The molecule has 3 heteroatoms. The standard InChI is InChI=1S/C16H20FNO/c17-10-11-18-14(19)16(13-6-2-1-3-7-13)12-15(16)8-4-5-9-15/h1-3,6-7H,4-5,8-12H2,(H,18,19). The van der Waals surface area contributed by atoms with Gasteiger partial charge in [-0.05, 0) is 30.2 Å². The minimum Gasteiger partial charge on any atom is -0.353 e. The molecular weight excluding hydrogens is 241 g/mol. The van der Waals surface area contributed by atoms with Gasteiger partial charge in [0.15, 0.2) is 0 Å². The lowest BCUT2D eigenvalue weighted by atomic mass is 9.84. The number of amides is 1. The molecule has 0 saturated heterocycles. The summed E-state index contributed by atoms with van der Waals surface area (Å²) < 4.78 is 12.3. The maximum atomic E-state index is 12.6. The van der Waals surface area contributed by atoms with E-state index in [2.05, 4.69) is 5.32 Å². The number of benzene rings is 1. The highest BCUT2D eigenvalue weighted by atomic mass is 19.1. The van der Waals surface area contributed by atoms with Crippen LogP contribution in [0.5, 0.6) is 0 Å². The van der Waals surface area contributed by atoms with Gasteiger partial charge >= 0.3 is 0 Å². The van der Waals surface area contributed by atoms with Crippen LogP contribution in [0.15, 0.2) is 30.3 Å². The average Bonchev–Trinajstić information content (AvgIpc) is 2.86. The van der Waals surface area contributed by atoms with Crippen LogP contribution >= 0.6 is 0 Å². The van der Waals surface area contributed by atoms with E-state index in [0.29, 0.717) is 0 Å². The first-order valence-corrected chi connectivity index (χ1v) is 7.15. The number of carbonyl (C=O) groups is 1. The number of rotatable bonds is 4. The molecule has 1 spiro atoms. The van der Waals surface area contributed by atoms with Crippen LogP contribution in [-0.4, -0.2) is 19.1 Å². The van der Waals surface area contributed by atoms with Crippen LogP contribution in [0, 0.1) is 5.41 Å². The van der Waals surface area contributed by atoms with Crippen molar-refractivity contribution < 1.29 is 9.18 Å². The summed E-state index contributed by atoms with van der Waals surface area (Å²) in [5.74, 6) is 0.0262. The number of carbonyl (C=O) groups excluding carboxylic acids is 1. The smallest absolute Gasteiger partial charge is 0.231 e. The molecule has 1 aromatic carbocycles. The number of nitrogens with one attached hydrogen (secondary N) is 1. The molecule has 19 heavy (non-hydrogen) atoms. The van der Waals surface area contributed by atoms with Gasteiger partial charge in [-0.2, -0.15) is 0 Å². The summed E-state index contributed by atoms with van der Waals surface area (Å²) in [6.45, 7) is -0.368. The highest BCUT2D eigenvalue weighted by Crippen LogP contribution is 2.72. The van der Waals surface area contributed by atoms with Crippen molar-refractivity contribution in [2.24, 2.45) is 5.41 Å². The second kappa shape index (κ2) is 4.62. The van der Waals surface area contributed by atoms with E-state index in [1.54, 1.807) is 0 Å². The van der Waals surface area contributed by atoms with Crippen LogP contribution in [0.25, 0.3) is 0 Å². The Morgan fingerprint density at radius 2 is 1.89 bits per heavy atom. The van der Waals surface area contributed by atoms with Gasteiger partial charge in [0.05, 0.1) is 5.41 Å². The largest absolute Gasteiger partial charge is 0.353 e. The van der Waals surface area contributed by atoms with Gasteiger partial charge in [-0.3, -0.25) is 4.79 Å². The third-order valence-corrected chi connectivity index (χ3v) is 4.98. The molecule has 1 aromatic rings. The van der Waals surface area contributed by atoms with Crippen molar-refractivity contribution in [2.45, 2.75) is 37.5 Å².